The smallest absolute Gasteiger partial charge is 0.249 e. The van der Waals surface area contributed by atoms with Crippen LogP contribution in [0.1, 0.15) is 19.9 Å². The maximum Gasteiger partial charge on any atom is 0.249 e. The van der Waals surface area contributed by atoms with Crippen LogP contribution in [0.25, 0.3) is 0 Å². The van der Waals surface area contributed by atoms with Gasteiger partial charge in [-0.1, -0.05) is 37.6 Å². The van der Waals surface area contributed by atoms with Crippen molar-refractivity contribution in [2.45, 2.75) is 19.9 Å². The van der Waals surface area contributed by atoms with E-state index < -0.39 is 6.04 Å². The van der Waals surface area contributed by atoms with Crippen LogP contribution in [-0.4, -0.2) is 20.7 Å². The molecule has 3 aromatic rings. The van der Waals surface area contributed by atoms with Gasteiger partial charge < -0.3 is 10.1 Å². The van der Waals surface area contributed by atoms with Crippen molar-refractivity contribution in [3.63, 3.8) is 0 Å². The summed E-state index contributed by atoms with van der Waals surface area (Å²) in [6.07, 6.45) is 2.97. The van der Waals surface area contributed by atoms with Gasteiger partial charge in [-0.15, -0.1) is 0 Å². The van der Waals surface area contributed by atoms with Gasteiger partial charge in [0, 0.05) is 5.69 Å². The number of carbonyl (C=O) groups excluding carboxylic acids is 1. The number of aromatic nitrogens is 3. The van der Waals surface area contributed by atoms with Crippen molar-refractivity contribution in [3.8, 4) is 11.5 Å². The summed E-state index contributed by atoms with van der Waals surface area (Å²) in [5, 5.41) is 7.53. The molecule has 1 atom stereocenters. The van der Waals surface area contributed by atoms with Crippen molar-refractivity contribution in [2.75, 3.05) is 5.32 Å². The third-order valence-electron chi connectivity index (χ3n) is 3.81. The van der Waals surface area contributed by atoms with Gasteiger partial charge in [0.15, 0.2) is 0 Å². The molecule has 1 heterocycles. The van der Waals surface area contributed by atoms with E-state index in [9.17, 15) is 4.79 Å². The molecule has 1 amide bonds. The number of benzene rings is 2. The number of hydrogen-bond donors (Lipinski definition) is 1. The minimum Gasteiger partial charge on any atom is -0.456 e. The monoisotopic (exact) mass is 370 g/mol. The Kier molecular flexibility index (Phi) is 5.53. The molecule has 0 bridgehead atoms. The van der Waals surface area contributed by atoms with Crippen LogP contribution < -0.4 is 10.1 Å². The normalized spacial score (nSPS) is 12.0. The molecule has 0 spiro atoms. The largest absolute Gasteiger partial charge is 0.456 e. The third kappa shape index (κ3) is 4.21. The van der Waals surface area contributed by atoms with Gasteiger partial charge >= 0.3 is 0 Å². The first-order chi connectivity index (χ1) is 12.5. The molecule has 0 fully saturated rings. The van der Waals surface area contributed by atoms with Crippen LogP contribution in [0.4, 0.5) is 5.69 Å². The molecule has 0 aliphatic heterocycles. The second-order valence-corrected chi connectivity index (χ2v) is 6.52. The quantitative estimate of drug-likeness (QED) is 0.690. The molecule has 6 nitrogen and oxygen atoms in total. The lowest BCUT2D eigenvalue weighted by molar-refractivity contribution is -0.120. The van der Waals surface area contributed by atoms with E-state index in [1.54, 1.807) is 47.4 Å². The zero-order valence-electron chi connectivity index (χ0n) is 14.5. The lowest BCUT2D eigenvalue weighted by Crippen LogP contribution is -2.30. The standard InChI is InChI=1S/C19H19ClN4O2/c1-13(2)18(24-12-21-11-22-24)19(25)23-14-7-9-15(10-8-14)26-17-6-4-3-5-16(17)20/h3-13,18H,1-2H3,(H,23,25)/t18-/m0/s1. The predicted octanol–water partition coefficient (Wildman–Crippen LogP) is 4.56. The Morgan fingerprint density at radius 1 is 1.15 bits per heavy atom. The minimum atomic E-state index is -0.434. The van der Waals surface area contributed by atoms with Crippen molar-refractivity contribution in [3.05, 3.63) is 66.2 Å². The molecule has 0 saturated carbocycles. The molecule has 1 aromatic heterocycles. The zero-order valence-corrected chi connectivity index (χ0v) is 15.2. The van der Waals surface area contributed by atoms with E-state index in [1.165, 1.54) is 6.33 Å². The maximum atomic E-state index is 12.6. The van der Waals surface area contributed by atoms with Gasteiger partial charge in [-0.25, -0.2) is 9.67 Å². The fraction of sp³-hybridized carbons (Fsp3) is 0.211. The van der Waals surface area contributed by atoms with Crippen molar-refractivity contribution in [1.82, 2.24) is 14.8 Å². The maximum absolute atomic E-state index is 12.6. The topological polar surface area (TPSA) is 69.0 Å². The fourth-order valence-electron chi connectivity index (χ4n) is 2.57. The van der Waals surface area contributed by atoms with Crippen molar-refractivity contribution in [2.24, 2.45) is 5.92 Å². The van der Waals surface area contributed by atoms with Crippen LogP contribution in [-0.2, 0) is 4.79 Å². The van der Waals surface area contributed by atoms with Gasteiger partial charge in [0.2, 0.25) is 5.91 Å². The van der Waals surface area contributed by atoms with Gasteiger partial charge in [0.05, 0.1) is 5.02 Å². The van der Waals surface area contributed by atoms with Crippen molar-refractivity contribution >= 4 is 23.2 Å². The van der Waals surface area contributed by atoms with E-state index in [2.05, 4.69) is 15.4 Å². The molecule has 0 saturated heterocycles. The first-order valence-corrected chi connectivity index (χ1v) is 8.60. The number of hydrogen-bond acceptors (Lipinski definition) is 4. The van der Waals surface area contributed by atoms with Gasteiger partial charge in [-0.2, -0.15) is 5.10 Å². The minimum absolute atomic E-state index is 0.0690. The van der Waals surface area contributed by atoms with Crippen LogP contribution in [0.5, 0.6) is 11.5 Å². The lowest BCUT2D eigenvalue weighted by Gasteiger charge is -2.20. The zero-order chi connectivity index (χ0) is 18.5. The van der Waals surface area contributed by atoms with Crippen LogP contribution in [0.3, 0.4) is 0 Å². The summed E-state index contributed by atoms with van der Waals surface area (Å²) in [6, 6.07) is 13.9. The molecule has 7 heteroatoms. The number of nitrogens with zero attached hydrogens (tertiary/aromatic N) is 3. The first-order valence-electron chi connectivity index (χ1n) is 8.22. The average molecular weight is 371 g/mol. The number of nitrogens with one attached hydrogen (secondary N) is 1. The molecule has 26 heavy (non-hydrogen) atoms. The van der Waals surface area contributed by atoms with Crippen molar-refractivity contribution < 1.29 is 9.53 Å². The highest BCUT2D eigenvalue weighted by Crippen LogP contribution is 2.29. The highest BCUT2D eigenvalue weighted by atomic mass is 35.5. The van der Waals surface area contributed by atoms with E-state index in [0.717, 1.165) is 0 Å². The van der Waals surface area contributed by atoms with Crippen LogP contribution in [0, 0.1) is 5.92 Å². The molecule has 0 aliphatic carbocycles. The lowest BCUT2D eigenvalue weighted by atomic mass is 10.0. The number of amides is 1. The molecule has 1 N–H and O–H groups in total. The van der Waals surface area contributed by atoms with Crippen LogP contribution >= 0.6 is 11.6 Å². The molecule has 0 radical (unpaired) electrons. The first kappa shape index (κ1) is 17.9. The number of ether oxygens (including phenoxy) is 1. The number of halogens is 1. The SMILES string of the molecule is CC(C)[C@@H](C(=O)Nc1ccc(Oc2ccccc2Cl)cc1)n1cncn1. The Balaban J connectivity index is 1.69. The molecule has 0 unspecified atom stereocenters. The second-order valence-electron chi connectivity index (χ2n) is 6.11. The fourth-order valence-corrected chi connectivity index (χ4v) is 2.74. The highest BCUT2D eigenvalue weighted by Gasteiger charge is 2.24. The van der Waals surface area contributed by atoms with Gasteiger partial charge in [-0.05, 0) is 42.3 Å². The Morgan fingerprint density at radius 3 is 2.50 bits per heavy atom. The molecule has 2 aromatic carbocycles. The second kappa shape index (κ2) is 8.01. The number of para-hydroxylation sites is 1. The molecule has 0 aliphatic rings. The summed E-state index contributed by atoms with van der Waals surface area (Å²) in [5.41, 5.74) is 0.673. The van der Waals surface area contributed by atoms with Gasteiger partial charge in [0.1, 0.15) is 30.2 Å². The summed E-state index contributed by atoms with van der Waals surface area (Å²) in [6.45, 7) is 3.93. The van der Waals surface area contributed by atoms with Crippen LogP contribution in [0.15, 0.2) is 61.2 Å². The summed E-state index contributed by atoms with van der Waals surface area (Å²) < 4.78 is 7.31. The Morgan fingerprint density at radius 2 is 1.88 bits per heavy atom. The number of carbonyl (C=O) groups is 1. The highest BCUT2D eigenvalue weighted by molar-refractivity contribution is 6.32. The summed E-state index contributed by atoms with van der Waals surface area (Å²) in [5.74, 6) is 1.13. The summed E-state index contributed by atoms with van der Waals surface area (Å²) in [4.78, 5) is 16.5. The van der Waals surface area contributed by atoms with E-state index in [1.807, 2.05) is 26.0 Å². The number of rotatable bonds is 6. The third-order valence-corrected chi connectivity index (χ3v) is 4.12. The summed E-state index contributed by atoms with van der Waals surface area (Å²) >= 11 is 6.09. The predicted molar refractivity (Wildman–Crippen MR) is 100 cm³/mol. The van der Waals surface area contributed by atoms with E-state index in [-0.39, 0.29) is 11.8 Å². The van der Waals surface area contributed by atoms with Gasteiger partial charge in [-0.3, -0.25) is 4.79 Å². The van der Waals surface area contributed by atoms with E-state index >= 15 is 0 Å². The Labute approximate surface area is 156 Å². The molecule has 3 rings (SSSR count). The van der Waals surface area contributed by atoms with Crippen molar-refractivity contribution in [1.29, 1.82) is 0 Å². The van der Waals surface area contributed by atoms with E-state index in [0.29, 0.717) is 22.2 Å². The number of anilines is 1. The average Bonchev–Trinajstić information content (AvgIpc) is 3.12. The Bertz CT molecular complexity index is 864. The summed E-state index contributed by atoms with van der Waals surface area (Å²) in [7, 11) is 0. The van der Waals surface area contributed by atoms with Crippen LogP contribution in [0.2, 0.25) is 5.02 Å². The van der Waals surface area contributed by atoms with Gasteiger partial charge in [0.25, 0.3) is 0 Å². The molecular formula is C19H19ClN4O2. The molecule has 134 valence electrons. The Hall–Kier alpha value is -2.86. The van der Waals surface area contributed by atoms with E-state index in [4.69, 9.17) is 16.3 Å². The molecular weight excluding hydrogens is 352 g/mol.